The molecule has 0 spiro atoms. The zero-order valence-corrected chi connectivity index (χ0v) is 14.7. The Kier molecular flexibility index (Phi) is 5.98. The second-order valence-corrected chi connectivity index (χ2v) is 5.94. The number of hydrogen-bond acceptors (Lipinski definition) is 3. The van der Waals surface area contributed by atoms with E-state index in [1.807, 2.05) is 31.2 Å². The summed E-state index contributed by atoms with van der Waals surface area (Å²) < 4.78 is 0. The fourth-order valence-electron chi connectivity index (χ4n) is 2.89. The van der Waals surface area contributed by atoms with Gasteiger partial charge in [0.1, 0.15) is 5.69 Å². The first-order chi connectivity index (χ1) is 11.5. The van der Waals surface area contributed by atoms with Crippen molar-refractivity contribution >= 4 is 22.8 Å². The van der Waals surface area contributed by atoms with Gasteiger partial charge in [0, 0.05) is 17.4 Å². The number of rotatable bonds is 7. The Morgan fingerprint density at radius 1 is 1.25 bits per heavy atom. The number of hydrogen-bond donors (Lipinski definition) is 3. The number of carbonyl (C=O) groups is 1. The minimum atomic E-state index is -0.252. The summed E-state index contributed by atoms with van der Waals surface area (Å²) in [6.07, 6.45) is 0.784. The van der Waals surface area contributed by atoms with Crippen LogP contribution in [0.15, 0.2) is 24.3 Å². The van der Waals surface area contributed by atoms with Crippen LogP contribution in [0.1, 0.15) is 36.3 Å². The smallest absolute Gasteiger partial charge is 0.276 e. The molecule has 6 heteroatoms. The molecule has 1 amide bonds. The molecule has 0 aliphatic carbocycles. The second-order valence-electron chi connectivity index (χ2n) is 5.94. The minimum Gasteiger partial charge on any atom is -0.370 e. The lowest BCUT2D eigenvalue weighted by Gasteiger charge is -2.23. The summed E-state index contributed by atoms with van der Waals surface area (Å²) >= 11 is 0. The molecular formula is C18H27N5O. The van der Waals surface area contributed by atoms with E-state index in [1.165, 1.54) is 4.90 Å². The number of fused-ring (bicyclic) bond motifs is 1. The van der Waals surface area contributed by atoms with Crippen LogP contribution in [0.4, 0.5) is 0 Å². The fraction of sp³-hybridized carbons (Fsp3) is 0.444. The number of nitrogens with one attached hydrogen (secondary N) is 2. The molecule has 24 heavy (non-hydrogen) atoms. The third-order valence-corrected chi connectivity index (χ3v) is 4.40. The van der Waals surface area contributed by atoms with Gasteiger partial charge in [0.25, 0.3) is 5.91 Å². The molecule has 130 valence electrons. The van der Waals surface area contributed by atoms with Crippen LogP contribution in [0.25, 0.3) is 10.9 Å². The molecule has 2 rings (SSSR count). The summed E-state index contributed by atoms with van der Waals surface area (Å²) in [6.45, 7) is 9.53. The zero-order valence-electron chi connectivity index (χ0n) is 14.7. The monoisotopic (exact) mass is 329 g/mol. The Bertz CT molecular complexity index is 717. The quantitative estimate of drug-likeness (QED) is 0.539. The maximum Gasteiger partial charge on any atom is 0.276 e. The van der Waals surface area contributed by atoms with Gasteiger partial charge in [-0.1, -0.05) is 26.0 Å². The first kappa shape index (κ1) is 18.0. The number of aromatic nitrogens is 1. The van der Waals surface area contributed by atoms with E-state index in [9.17, 15) is 4.79 Å². The number of aryl methyl sites for hydroxylation is 1. The Morgan fingerprint density at radius 3 is 2.54 bits per heavy atom. The molecule has 0 unspecified atom stereocenters. The molecule has 0 aliphatic heterocycles. The standard InChI is InChI=1S/C18H27N5O/c1-4-22(5-2)10-7-11-23(18(19)20)17(24)16-12-14-13(3)8-6-9-15(14)21-16/h6,8-9,12,21H,4-5,7,10-11H2,1-3H3,(H3,19,20). The number of carbonyl (C=O) groups excluding carboxylic acids is 1. The van der Waals surface area contributed by atoms with Crippen LogP contribution in [-0.4, -0.2) is 52.8 Å². The van der Waals surface area contributed by atoms with Gasteiger partial charge in [0.2, 0.25) is 0 Å². The van der Waals surface area contributed by atoms with Crippen molar-refractivity contribution < 1.29 is 4.79 Å². The van der Waals surface area contributed by atoms with E-state index < -0.39 is 0 Å². The Hall–Kier alpha value is -2.34. The molecule has 1 aromatic heterocycles. The molecule has 6 nitrogen and oxygen atoms in total. The topological polar surface area (TPSA) is 89.2 Å². The highest BCUT2D eigenvalue weighted by atomic mass is 16.2. The van der Waals surface area contributed by atoms with Gasteiger partial charge in [-0.3, -0.25) is 15.1 Å². The van der Waals surface area contributed by atoms with Crippen molar-refractivity contribution in [2.24, 2.45) is 5.73 Å². The van der Waals surface area contributed by atoms with Gasteiger partial charge in [0.05, 0.1) is 0 Å². The maximum absolute atomic E-state index is 12.7. The van der Waals surface area contributed by atoms with Gasteiger partial charge in [0.15, 0.2) is 5.96 Å². The zero-order chi connectivity index (χ0) is 17.7. The molecule has 4 N–H and O–H groups in total. The number of nitrogens with zero attached hydrogens (tertiary/aromatic N) is 2. The SMILES string of the molecule is CCN(CC)CCCN(C(=N)N)C(=O)c1cc2c(C)cccc2[nH]1. The average molecular weight is 329 g/mol. The first-order valence-corrected chi connectivity index (χ1v) is 8.44. The molecule has 0 aliphatic rings. The number of nitrogens with two attached hydrogens (primary N) is 1. The summed E-state index contributed by atoms with van der Waals surface area (Å²) in [6, 6.07) is 7.75. The summed E-state index contributed by atoms with van der Waals surface area (Å²) in [5.41, 5.74) is 8.14. The third kappa shape index (κ3) is 3.94. The van der Waals surface area contributed by atoms with Gasteiger partial charge in [-0.25, -0.2) is 0 Å². The predicted molar refractivity (Wildman–Crippen MR) is 98.4 cm³/mol. The predicted octanol–water partition coefficient (Wildman–Crippen LogP) is 2.54. The summed E-state index contributed by atoms with van der Waals surface area (Å²) in [7, 11) is 0. The fourth-order valence-corrected chi connectivity index (χ4v) is 2.89. The van der Waals surface area contributed by atoms with Crippen molar-refractivity contribution in [3.8, 4) is 0 Å². The van der Waals surface area contributed by atoms with Crippen LogP contribution in [0.2, 0.25) is 0 Å². The van der Waals surface area contributed by atoms with Crippen LogP contribution >= 0.6 is 0 Å². The number of guanidine groups is 1. The summed E-state index contributed by atoms with van der Waals surface area (Å²) in [4.78, 5) is 19.5. The number of benzene rings is 1. The lowest BCUT2D eigenvalue weighted by atomic mass is 10.1. The molecule has 0 saturated heterocycles. The van der Waals surface area contributed by atoms with E-state index >= 15 is 0 Å². The lowest BCUT2D eigenvalue weighted by Crippen LogP contribution is -2.43. The third-order valence-electron chi connectivity index (χ3n) is 4.40. The molecular weight excluding hydrogens is 302 g/mol. The average Bonchev–Trinajstić information content (AvgIpc) is 3.00. The van der Waals surface area contributed by atoms with Crippen molar-refractivity contribution in [2.45, 2.75) is 27.2 Å². The first-order valence-electron chi connectivity index (χ1n) is 8.44. The van der Waals surface area contributed by atoms with E-state index in [2.05, 4.69) is 23.7 Å². The van der Waals surface area contributed by atoms with Crippen molar-refractivity contribution in [1.29, 1.82) is 5.41 Å². The second kappa shape index (κ2) is 7.97. The number of amides is 1. The van der Waals surface area contributed by atoms with E-state index in [1.54, 1.807) is 0 Å². The van der Waals surface area contributed by atoms with Crippen LogP contribution < -0.4 is 5.73 Å². The van der Waals surface area contributed by atoms with Gasteiger partial charge in [-0.2, -0.15) is 0 Å². The molecule has 0 atom stereocenters. The van der Waals surface area contributed by atoms with Crippen molar-refractivity contribution in [3.63, 3.8) is 0 Å². The Morgan fingerprint density at radius 2 is 1.96 bits per heavy atom. The van der Waals surface area contributed by atoms with Gasteiger partial charge in [-0.15, -0.1) is 0 Å². The van der Waals surface area contributed by atoms with E-state index in [0.717, 1.165) is 42.5 Å². The largest absolute Gasteiger partial charge is 0.370 e. The van der Waals surface area contributed by atoms with Crippen LogP contribution in [-0.2, 0) is 0 Å². The van der Waals surface area contributed by atoms with E-state index in [4.69, 9.17) is 11.1 Å². The lowest BCUT2D eigenvalue weighted by molar-refractivity contribution is 0.0835. The van der Waals surface area contributed by atoms with Crippen LogP contribution in [0.3, 0.4) is 0 Å². The molecule has 2 aromatic rings. The summed E-state index contributed by atoms with van der Waals surface area (Å²) in [5.74, 6) is -0.465. The Balaban J connectivity index is 2.13. The molecule has 1 aromatic carbocycles. The number of aromatic amines is 1. The van der Waals surface area contributed by atoms with E-state index in [0.29, 0.717) is 12.2 Å². The summed E-state index contributed by atoms with van der Waals surface area (Å²) in [5, 5.41) is 8.76. The highest BCUT2D eigenvalue weighted by Crippen LogP contribution is 2.20. The molecule has 0 saturated carbocycles. The normalized spacial score (nSPS) is 11.2. The van der Waals surface area contributed by atoms with Crippen molar-refractivity contribution in [3.05, 3.63) is 35.5 Å². The van der Waals surface area contributed by atoms with E-state index in [-0.39, 0.29) is 11.9 Å². The van der Waals surface area contributed by atoms with Crippen LogP contribution in [0, 0.1) is 12.3 Å². The van der Waals surface area contributed by atoms with Crippen molar-refractivity contribution in [1.82, 2.24) is 14.8 Å². The molecule has 1 heterocycles. The Labute approximate surface area is 143 Å². The molecule has 0 fully saturated rings. The van der Waals surface area contributed by atoms with Gasteiger partial charge in [-0.05, 0) is 50.7 Å². The van der Waals surface area contributed by atoms with Gasteiger partial charge < -0.3 is 15.6 Å². The number of H-pyrrole nitrogens is 1. The van der Waals surface area contributed by atoms with Gasteiger partial charge >= 0.3 is 0 Å². The highest BCUT2D eigenvalue weighted by molar-refractivity contribution is 6.06. The molecule has 0 bridgehead atoms. The molecule has 0 radical (unpaired) electrons. The minimum absolute atomic E-state index is 0.213. The van der Waals surface area contributed by atoms with Crippen LogP contribution in [0.5, 0.6) is 0 Å². The van der Waals surface area contributed by atoms with Crippen molar-refractivity contribution in [2.75, 3.05) is 26.2 Å². The highest BCUT2D eigenvalue weighted by Gasteiger charge is 2.20. The maximum atomic E-state index is 12.7.